The summed E-state index contributed by atoms with van der Waals surface area (Å²) < 4.78 is 5.07. The third kappa shape index (κ3) is 1.05. The van der Waals surface area contributed by atoms with Gasteiger partial charge >= 0.3 is 0 Å². The molecule has 2 nitrogen and oxygen atoms in total. The highest BCUT2D eigenvalue weighted by molar-refractivity contribution is 6.31. The topological polar surface area (TPSA) is 25.4 Å². The van der Waals surface area contributed by atoms with Crippen molar-refractivity contribution < 1.29 is 4.74 Å². The second kappa shape index (κ2) is 2.09. The minimum absolute atomic E-state index is 0.292. The van der Waals surface area contributed by atoms with Gasteiger partial charge in [0.25, 0.3) is 0 Å². The summed E-state index contributed by atoms with van der Waals surface area (Å²) in [6.07, 6.45) is 2.16. The minimum atomic E-state index is 0.292. The molecule has 0 aliphatic carbocycles. The van der Waals surface area contributed by atoms with E-state index in [4.69, 9.17) is 4.74 Å². The highest BCUT2D eigenvalue weighted by Crippen LogP contribution is 2.26. The molecular formula is C7H8BNO. The Morgan fingerprint density at radius 2 is 2.40 bits per heavy atom. The predicted molar refractivity (Wildman–Crippen MR) is 41.1 cm³/mol. The number of pyridine rings is 1. The van der Waals surface area contributed by atoms with Crippen molar-refractivity contribution in [3.8, 4) is 0 Å². The van der Waals surface area contributed by atoms with Crippen molar-refractivity contribution in [3.05, 3.63) is 24.0 Å². The van der Waals surface area contributed by atoms with Gasteiger partial charge in [-0.25, -0.2) is 0 Å². The molecule has 1 aromatic heterocycles. The number of hydrogen-bond donors (Lipinski definition) is 0. The van der Waals surface area contributed by atoms with Crippen molar-refractivity contribution in [2.45, 2.75) is 6.10 Å². The molecule has 2 rings (SSSR count). The zero-order chi connectivity index (χ0) is 6.97. The van der Waals surface area contributed by atoms with Gasteiger partial charge < -0.3 is 4.74 Å². The molecule has 1 aliphatic rings. The number of aromatic nitrogens is 1. The summed E-state index contributed by atoms with van der Waals surface area (Å²) in [7, 11) is 2.03. The summed E-state index contributed by atoms with van der Waals surface area (Å²) in [6.45, 7) is 0.843. The first-order valence-corrected chi connectivity index (χ1v) is 3.40. The van der Waals surface area contributed by atoms with Crippen LogP contribution >= 0.6 is 0 Å². The van der Waals surface area contributed by atoms with Gasteiger partial charge in [0.05, 0.1) is 12.3 Å². The number of hydrogen-bond acceptors (Lipinski definition) is 2. The number of rotatable bonds is 1. The Morgan fingerprint density at radius 1 is 1.60 bits per heavy atom. The van der Waals surface area contributed by atoms with E-state index in [2.05, 4.69) is 11.1 Å². The molecule has 50 valence electrons. The average molecular weight is 133 g/mol. The Bertz CT molecular complexity index is 230. The lowest BCUT2D eigenvalue weighted by Gasteiger charge is -1.93. The van der Waals surface area contributed by atoms with Crippen LogP contribution in [0.4, 0.5) is 0 Å². The molecule has 1 saturated heterocycles. The summed E-state index contributed by atoms with van der Waals surface area (Å²) in [5.74, 6) is 0. The minimum Gasteiger partial charge on any atom is -0.366 e. The van der Waals surface area contributed by atoms with E-state index in [1.807, 2.05) is 20.1 Å². The fourth-order valence-corrected chi connectivity index (χ4v) is 0.889. The van der Waals surface area contributed by atoms with Gasteiger partial charge in [0.15, 0.2) is 0 Å². The summed E-state index contributed by atoms with van der Waals surface area (Å²) in [4.78, 5) is 4.22. The predicted octanol–water partition coefficient (Wildman–Crippen LogP) is -0.589. The van der Waals surface area contributed by atoms with Crippen molar-refractivity contribution in [2.75, 3.05) is 6.61 Å². The first-order chi connectivity index (χ1) is 4.86. The molecule has 0 radical (unpaired) electrons. The summed E-state index contributed by atoms with van der Waals surface area (Å²) >= 11 is 0. The van der Waals surface area contributed by atoms with Crippen LogP contribution in [0.15, 0.2) is 18.3 Å². The molecule has 1 aliphatic heterocycles. The Kier molecular flexibility index (Phi) is 1.24. The lowest BCUT2D eigenvalue weighted by atomic mass is 9.99. The van der Waals surface area contributed by atoms with Gasteiger partial charge in [0.2, 0.25) is 0 Å². The monoisotopic (exact) mass is 133 g/mol. The largest absolute Gasteiger partial charge is 0.366 e. The highest BCUT2D eigenvalue weighted by atomic mass is 16.6. The first-order valence-electron chi connectivity index (χ1n) is 3.40. The average Bonchev–Trinajstić information content (AvgIpc) is 2.71. The Balaban J connectivity index is 2.28. The Hall–Kier alpha value is -0.825. The second-order valence-electron chi connectivity index (χ2n) is 2.58. The Labute approximate surface area is 60.6 Å². The van der Waals surface area contributed by atoms with Gasteiger partial charge in [-0.1, -0.05) is 11.5 Å². The van der Waals surface area contributed by atoms with Crippen LogP contribution in [0, 0.1) is 0 Å². The fraction of sp³-hybridized carbons (Fsp3) is 0.286. The van der Waals surface area contributed by atoms with E-state index in [0.29, 0.717) is 6.10 Å². The van der Waals surface area contributed by atoms with Crippen LogP contribution in [0.3, 0.4) is 0 Å². The van der Waals surface area contributed by atoms with Crippen LogP contribution in [0.25, 0.3) is 0 Å². The quantitative estimate of drug-likeness (QED) is 0.378. The molecule has 0 saturated carbocycles. The second-order valence-corrected chi connectivity index (χ2v) is 2.58. The molecule has 10 heavy (non-hydrogen) atoms. The molecule has 1 unspecified atom stereocenters. The van der Waals surface area contributed by atoms with Crippen molar-refractivity contribution in [2.24, 2.45) is 0 Å². The number of epoxide rings is 1. The zero-order valence-electron chi connectivity index (χ0n) is 5.87. The molecule has 3 heteroatoms. The Morgan fingerprint density at radius 3 is 2.90 bits per heavy atom. The molecule has 0 N–H and O–H groups in total. The summed E-state index contributed by atoms with van der Waals surface area (Å²) in [5.41, 5.74) is 2.26. The zero-order valence-corrected chi connectivity index (χ0v) is 5.87. The molecule has 1 atom stereocenters. The normalized spacial score (nSPS) is 22.6. The summed E-state index contributed by atoms with van der Waals surface area (Å²) in [6, 6.07) is 4.08. The van der Waals surface area contributed by atoms with E-state index < -0.39 is 0 Å². The van der Waals surface area contributed by atoms with Crippen LogP contribution in [-0.4, -0.2) is 19.4 Å². The van der Waals surface area contributed by atoms with E-state index in [9.17, 15) is 0 Å². The molecule has 0 aromatic carbocycles. The van der Waals surface area contributed by atoms with Crippen molar-refractivity contribution in [1.29, 1.82) is 0 Å². The standard InChI is InChI=1S/C7H8BNO/c8-5-1-2-6(9-3-5)7-4-10-7/h1-3,7H,4,8H2. The van der Waals surface area contributed by atoms with Gasteiger partial charge in [-0.05, 0) is 6.07 Å². The third-order valence-electron chi connectivity index (χ3n) is 1.60. The van der Waals surface area contributed by atoms with Crippen molar-refractivity contribution >= 4 is 13.3 Å². The van der Waals surface area contributed by atoms with Gasteiger partial charge in [-0.15, -0.1) is 0 Å². The van der Waals surface area contributed by atoms with Crippen molar-refractivity contribution in [1.82, 2.24) is 4.98 Å². The molecule has 1 fully saturated rings. The van der Waals surface area contributed by atoms with Gasteiger partial charge in [-0.2, -0.15) is 0 Å². The maximum absolute atomic E-state index is 5.07. The van der Waals surface area contributed by atoms with Crippen LogP contribution < -0.4 is 5.46 Å². The molecule has 0 bridgehead atoms. The first kappa shape index (κ1) is 5.92. The van der Waals surface area contributed by atoms with E-state index >= 15 is 0 Å². The van der Waals surface area contributed by atoms with Gasteiger partial charge in [-0.3, -0.25) is 4.98 Å². The van der Waals surface area contributed by atoms with Crippen LogP contribution in [0.1, 0.15) is 11.8 Å². The van der Waals surface area contributed by atoms with Crippen LogP contribution in [-0.2, 0) is 4.74 Å². The van der Waals surface area contributed by atoms with E-state index in [0.717, 1.165) is 12.3 Å². The molecule has 0 amide bonds. The molecule has 2 heterocycles. The lowest BCUT2D eigenvalue weighted by Crippen LogP contribution is -2.03. The van der Waals surface area contributed by atoms with Crippen LogP contribution in [0.5, 0.6) is 0 Å². The highest BCUT2D eigenvalue weighted by Gasteiger charge is 2.25. The molecular weight excluding hydrogens is 125 g/mol. The maximum atomic E-state index is 5.07. The van der Waals surface area contributed by atoms with E-state index in [-0.39, 0.29) is 0 Å². The molecule has 1 aromatic rings. The smallest absolute Gasteiger partial charge is 0.141 e. The fourth-order valence-electron chi connectivity index (χ4n) is 0.889. The SMILES string of the molecule is Bc1ccc(C2CO2)nc1. The summed E-state index contributed by atoms with van der Waals surface area (Å²) in [5, 5.41) is 0. The maximum Gasteiger partial charge on any atom is 0.141 e. The molecule has 0 spiro atoms. The van der Waals surface area contributed by atoms with Gasteiger partial charge in [0, 0.05) is 6.20 Å². The third-order valence-corrected chi connectivity index (χ3v) is 1.60. The van der Waals surface area contributed by atoms with E-state index in [1.54, 1.807) is 0 Å². The van der Waals surface area contributed by atoms with E-state index in [1.165, 1.54) is 5.46 Å². The van der Waals surface area contributed by atoms with Crippen LogP contribution in [0.2, 0.25) is 0 Å². The number of nitrogens with zero attached hydrogens (tertiary/aromatic N) is 1. The number of ether oxygens (including phenoxy) is 1. The van der Waals surface area contributed by atoms with Crippen molar-refractivity contribution in [3.63, 3.8) is 0 Å². The lowest BCUT2D eigenvalue weighted by molar-refractivity contribution is 0.411. The van der Waals surface area contributed by atoms with Gasteiger partial charge in [0.1, 0.15) is 14.0 Å².